The highest BCUT2D eigenvalue weighted by atomic mass is 16.2. The summed E-state index contributed by atoms with van der Waals surface area (Å²) in [5.74, 6) is -0.174. The van der Waals surface area contributed by atoms with E-state index in [0.29, 0.717) is 19.3 Å². The van der Waals surface area contributed by atoms with Crippen molar-refractivity contribution in [3.8, 4) is 0 Å². The highest BCUT2D eigenvalue weighted by Gasteiger charge is 2.33. The summed E-state index contributed by atoms with van der Waals surface area (Å²) >= 11 is 0. The fraction of sp³-hybridized carbons (Fsp3) is 0.286. The summed E-state index contributed by atoms with van der Waals surface area (Å²) in [4.78, 5) is 24.6. The van der Waals surface area contributed by atoms with E-state index in [4.69, 9.17) is 0 Å². The molecule has 1 aliphatic heterocycles. The molecule has 1 atom stereocenters. The molecule has 0 aromatic heterocycles. The molecule has 3 heteroatoms. The molecule has 1 aromatic rings. The molecule has 0 unspecified atom stereocenters. The van der Waals surface area contributed by atoms with Gasteiger partial charge in [0.1, 0.15) is 0 Å². The van der Waals surface area contributed by atoms with E-state index in [-0.39, 0.29) is 17.9 Å². The van der Waals surface area contributed by atoms with Crippen molar-refractivity contribution in [3.05, 3.63) is 48.6 Å². The van der Waals surface area contributed by atoms with Crippen LogP contribution in [0.1, 0.15) is 18.4 Å². The van der Waals surface area contributed by atoms with Crippen LogP contribution in [0.25, 0.3) is 0 Å². The lowest BCUT2D eigenvalue weighted by atomic mass is 10.0. The van der Waals surface area contributed by atoms with E-state index in [0.717, 1.165) is 5.56 Å². The lowest BCUT2D eigenvalue weighted by Crippen LogP contribution is -2.39. The van der Waals surface area contributed by atoms with Gasteiger partial charge in [0.15, 0.2) is 0 Å². The normalized spacial score (nSPS) is 17.3. The van der Waals surface area contributed by atoms with Crippen LogP contribution in [-0.2, 0) is 16.0 Å². The predicted octanol–water partition coefficient (Wildman–Crippen LogP) is 1.93. The summed E-state index contributed by atoms with van der Waals surface area (Å²) in [5, 5.41) is 0. The lowest BCUT2D eigenvalue weighted by molar-refractivity contribution is -0.139. The van der Waals surface area contributed by atoms with Gasteiger partial charge in [-0.2, -0.15) is 0 Å². The van der Waals surface area contributed by atoms with Gasteiger partial charge in [0, 0.05) is 12.8 Å². The number of amides is 2. The van der Waals surface area contributed by atoms with Gasteiger partial charge in [-0.1, -0.05) is 36.4 Å². The van der Waals surface area contributed by atoms with Crippen LogP contribution in [0.15, 0.2) is 43.0 Å². The summed E-state index contributed by atoms with van der Waals surface area (Å²) in [6.07, 6.45) is 2.98. The quantitative estimate of drug-likeness (QED) is 0.584. The fourth-order valence-corrected chi connectivity index (χ4v) is 2.10. The van der Waals surface area contributed by atoms with Crippen molar-refractivity contribution in [1.29, 1.82) is 0 Å². The second kappa shape index (κ2) is 4.95. The molecule has 1 aliphatic rings. The predicted molar refractivity (Wildman–Crippen MR) is 65.2 cm³/mol. The summed E-state index contributed by atoms with van der Waals surface area (Å²) in [5.41, 5.74) is 1.10. The molecule has 1 heterocycles. The van der Waals surface area contributed by atoms with E-state index < -0.39 is 0 Å². The minimum absolute atomic E-state index is 0.0872. The lowest BCUT2D eigenvalue weighted by Gasteiger charge is -2.23. The van der Waals surface area contributed by atoms with Gasteiger partial charge in [0.05, 0.1) is 6.04 Å². The van der Waals surface area contributed by atoms with Crippen molar-refractivity contribution in [2.45, 2.75) is 25.3 Å². The van der Waals surface area contributed by atoms with E-state index >= 15 is 0 Å². The first-order valence-corrected chi connectivity index (χ1v) is 5.73. The summed E-state index contributed by atoms with van der Waals surface area (Å²) in [6, 6.07) is 9.59. The highest BCUT2D eigenvalue weighted by molar-refractivity contribution is 6.02. The molecular formula is C14H15NO2. The van der Waals surface area contributed by atoms with Crippen LogP contribution in [0.5, 0.6) is 0 Å². The van der Waals surface area contributed by atoms with Crippen LogP contribution in [0.2, 0.25) is 0 Å². The Morgan fingerprint density at radius 2 is 1.76 bits per heavy atom. The van der Waals surface area contributed by atoms with Crippen LogP contribution in [0, 0.1) is 0 Å². The van der Waals surface area contributed by atoms with Crippen molar-refractivity contribution in [3.63, 3.8) is 0 Å². The molecule has 0 radical (unpaired) electrons. The number of carbonyl (C=O) groups excluding carboxylic acids is 2. The summed E-state index contributed by atoms with van der Waals surface area (Å²) < 4.78 is 0. The van der Waals surface area contributed by atoms with Gasteiger partial charge in [0.2, 0.25) is 11.8 Å². The Morgan fingerprint density at radius 1 is 1.18 bits per heavy atom. The number of imide groups is 1. The maximum atomic E-state index is 11.6. The minimum Gasteiger partial charge on any atom is -0.275 e. The number of rotatable bonds is 4. The molecule has 0 spiro atoms. The van der Waals surface area contributed by atoms with Gasteiger partial charge in [-0.3, -0.25) is 14.5 Å². The second-order valence-electron chi connectivity index (χ2n) is 4.15. The monoisotopic (exact) mass is 229 g/mol. The van der Waals surface area contributed by atoms with E-state index in [9.17, 15) is 9.59 Å². The first kappa shape index (κ1) is 11.6. The zero-order valence-electron chi connectivity index (χ0n) is 9.63. The maximum Gasteiger partial charge on any atom is 0.230 e. The fourth-order valence-electron chi connectivity index (χ4n) is 2.10. The first-order chi connectivity index (χ1) is 8.22. The largest absolute Gasteiger partial charge is 0.275 e. The number of hydrogen-bond acceptors (Lipinski definition) is 2. The Balaban J connectivity index is 2.14. The number of likely N-dealkylation sites (tertiary alicyclic amines) is 1. The third-order valence-corrected chi connectivity index (χ3v) is 2.98. The van der Waals surface area contributed by atoms with Crippen LogP contribution in [0.4, 0.5) is 0 Å². The molecule has 3 nitrogen and oxygen atoms in total. The Labute approximate surface area is 101 Å². The average Bonchev–Trinajstić information content (AvgIpc) is 2.68. The van der Waals surface area contributed by atoms with Gasteiger partial charge in [-0.15, -0.1) is 6.58 Å². The molecule has 1 aromatic carbocycles. The van der Waals surface area contributed by atoms with Gasteiger partial charge in [-0.05, 0) is 12.0 Å². The van der Waals surface area contributed by atoms with Gasteiger partial charge >= 0.3 is 0 Å². The molecule has 0 aliphatic carbocycles. The van der Waals surface area contributed by atoms with Crippen LogP contribution in [-0.4, -0.2) is 22.8 Å². The first-order valence-electron chi connectivity index (χ1n) is 5.73. The molecule has 17 heavy (non-hydrogen) atoms. The van der Waals surface area contributed by atoms with Crippen molar-refractivity contribution >= 4 is 11.8 Å². The molecule has 2 amide bonds. The Kier molecular flexibility index (Phi) is 3.38. The van der Waals surface area contributed by atoms with E-state index in [1.54, 1.807) is 6.08 Å². The topological polar surface area (TPSA) is 37.4 Å². The number of benzene rings is 1. The molecule has 88 valence electrons. The van der Waals surface area contributed by atoms with Gasteiger partial charge in [0.25, 0.3) is 0 Å². The molecular weight excluding hydrogens is 214 g/mol. The van der Waals surface area contributed by atoms with Crippen molar-refractivity contribution in [1.82, 2.24) is 4.90 Å². The smallest absolute Gasteiger partial charge is 0.230 e. The molecule has 2 rings (SSSR count). The minimum atomic E-state index is -0.222. The molecule has 1 fully saturated rings. The van der Waals surface area contributed by atoms with Crippen LogP contribution >= 0.6 is 0 Å². The standard InChI is InChI=1S/C14H15NO2/c1-2-12(10-11-6-4-3-5-7-11)15-13(16)8-9-14(15)17/h2-7,12H,1,8-10H2/t12-/m1/s1. The van der Waals surface area contributed by atoms with E-state index in [1.807, 2.05) is 30.3 Å². The summed E-state index contributed by atoms with van der Waals surface area (Å²) in [7, 11) is 0. The zero-order chi connectivity index (χ0) is 12.3. The molecule has 1 saturated heterocycles. The van der Waals surface area contributed by atoms with Crippen LogP contribution < -0.4 is 0 Å². The van der Waals surface area contributed by atoms with Crippen molar-refractivity contribution in [2.24, 2.45) is 0 Å². The van der Waals surface area contributed by atoms with Crippen molar-refractivity contribution < 1.29 is 9.59 Å². The number of hydrogen-bond donors (Lipinski definition) is 0. The highest BCUT2D eigenvalue weighted by Crippen LogP contribution is 2.19. The number of carbonyl (C=O) groups is 2. The Morgan fingerprint density at radius 3 is 2.29 bits per heavy atom. The van der Waals surface area contributed by atoms with Crippen LogP contribution in [0.3, 0.4) is 0 Å². The van der Waals surface area contributed by atoms with Crippen molar-refractivity contribution in [2.75, 3.05) is 0 Å². The average molecular weight is 229 g/mol. The summed E-state index contributed by atoms with van der Waals surface area (Å²) in [6.45, 7) is 3.72. The third kappa shape index (κ3) is 2.44. The second-order valence-corrected chi connectivity index (χ2v) is 4.15. The Bertz CT molecular complexity index is 423. The zero-order valence-corrected chi connectivity index (χ0v) is 9.63. The molecule has 0 N–H and O–H groups in total. The van der Waals surface area contributed by atoms with Gasteiger partial charge < -0.3 is 0 Å². The van der Waals surface area contributed by atoms with E-state index in [1.165, 1.54) is 4.90 Å². The molecule has 0 saturated carbocycles. The maximum absolute atomic E-state index is 11.6. The van der Waals surface area contributed by atoms with E-state index in [2.05, 4.69) is 6.58 Å². The molecule has 0 bridgehead atoms. The number of nitrogens with zero attached hydrogens (tertiary/aromatic N) is 1. The third-order valence-electron chi connectivity index (χ3n) is 2.98. The van der Waals surface area contributed by atoms with Gasteiger partial charge in [-0.25, -0.2) is 0 Å². The SMILES string of the molecule is C=C[C@H](Cc1ccccc1)N1C(=O)CCC1=O. The Hall–Kier alpha value is -1.90.